The van der Waals surface area contributed by atoms with Gasteiger partial charge in [-0.3, -0.25) is 14.5 Å². The molecule has 0 aliphatic carbocycles. The molecule has 1 fully saturated rings. The number of likely N-dealkylation sites (N-methyl/N-ethyl adjacent to an activating group) is 1. The van der Waals surface area contributed by atoms with Gasteiger partial charge in [-0.25, -0.2) is 8.78 Å². The van der Waals surface area contributed by atoms with Crippen LogP contribution in [-0.2, 0) is 4.79 Å². The Morgan fingerprint density at radius 1 is 1.40 bits per heavy atom. The quantitative estimate of drug-likeness (QED) is 0.848. The van der Waals surface area contributed by atoms with Gasteiger partial charge in [-0.15, -0.1) is 0 Å². The van der Waals surface area contributed by atoms with Crippen molar-refractivity contribution in [2.24, 2.45) is 0 Å². The number of amides is 1. The Morgan fingerprint density at radius 2 is 2.15 bits per heavy atom. The Kier molecular flexibility index (Phi) is 4.44. The van der Waals surface area contributed by atoms with E-state index < -0.39 is 17.4 Å². The predicted octanol–water partition coefficient (Wildman–Crippen LogP) is 1.36. The number of nitrogens with one attached hydrogen (secondary N) is 1. The lowest BCUT2D eigenvalue weighted by Crippen LogP contribution is -2.44. The second-order valence-corrected chi connectivity index (χ2v) is 4.79. The number of halogens is 2. The maximum absolute atomic E-state index is 13.5. The van der Waals surface area contributed by atoms with Gasteiger partial charge in [-0.1, -0.05) is 0 Å². The molecule has 1 aromatic carbocycles. The molecule has 1 unspecified atom stereocenters. The second kappa shape index (κ2) is 6.09. The molecule has 1 aliphatic rings. The van der Waals surface area contributed by atoms with Crippen molar-refractivity contribution in [1.82, 2.24) is 10.2 Å². The van der Waals surface area contributed by atoms with E-state index in [2.05, 4.69) is 5.32 Å². The maximum Gasteiger partial charge on any atom is 0.237 e. The normalized spacial score (nSPS) is 19.1. The van der Waals surface area contributed by atoms with Crippen molar-refractivity contribution in [2.45, 2.75) is 18.9 Å². The molecular formula is C14H16F2N2O2. The van der Waals surface area contributed by atoms with Crippen LogP contribution in [0.1, 0.15) is 23.2 Å². The van der Waals surface area contributed by atoms with Gasteiger partial charge >= 0.3 is 0 Å². The van der Waals surface area contributed by atoms with E-state index in [0.29, 0.717) is 13.0 Å². The number of Topliss-reactive ketones (excluding diaryl/α,β-unsaturated/α-hetero) is 1. The summed E-state index contributed by atoms with van der Waals surface area (Å²) >= 11 is 0. The zero-order chi connectivity index (χ0) is 14.7. The topological polar surface area (TPSA) is 49.4 Å². The van der Waals surface area contributed by atoms with Crippen molar-refractivity contribution in [3.8, 4) is 0 Å². The molecule has 1 aromatic rings. The molecule has 0 radical (unpaired) electrons. The summed E-state index contributed by atoms with van der Waals surface area (Å²) in [5.74, 6) is -2.07. The van der Waals surface area contributed by atoms with E-state index in [1.807, 2.05) is 0 Å². The van der Waals surface area contributed by atoms with Crippen LogP contribution in [0.4, 0.5) is 8.78 Å². The fraction of sp³-hybridized carbons (Fsp3) is 0.429. The monoisotopic (exact) mass is 282 g/mol. The molecule has 20 heavy (non-hydrogen) atoms. The van der Waals surface area contributed by atoms with E-state index in [4.69, 9.17) is 0 Å². The van der Waals surface area contributed by atoms with Crippen LogP contribution in [0, 0.1) is 11.6 Å². The van der Waals surface area contributed by atoms with Gasteiger partial charge in [-0.05, 0) is 37.6 Å². The molecule has 1 aliphatic heterocycles. The predicted molar refractivity (Wildman–Crippen MR) is 69.4 cm³/mol. The highest BCUT2D eigenvalue weighted by Crippen LogP contribution is 2.19. The molecule has 0 aromatic heterocycles. The largest absolute Gasteiger partial charge is 0.358 e. The van der Waals surface area contributed by atoms with Crippen LogP contribution in [-0.4, -0.2) is 42.8 Å². The van der Waals surface area contributed by atoms with Gasteiger partial charge in [0.1, 0.15) is 11.6 Å². The molecule has 2 rings (SSSR count). The minimum absolute atomic E-state index is 0.0849. The summed E-state index contributed by atoms with van der Waals surface area (Å²) in [5, 5.41) is 2.54. The Bertz CT molecular complexity index is 534. The third-order valence-electron chi connectivity index (χ3n) is 3.49. The summed E-state index contributed by atoms with van der Waals surface area (Å²) in [5.41, 5.74) is -0.271. The van der Waals surface area contributed by atoms with Crippen molar-refractivity contribution in [3.05, 3.63) is 35.4 Å². The SMILES string of the molecule is CNC(=O)C1CCCN1CC(=O)c1cc(F)ccc1F. The summed E-state index contributed by atoms with van der Waals surface area (Å²) in [6.45, 7) is 0.513. The van der Waals surface area contributed by atoms with Crippen molar-refractivity contribution in [2.75, 3.05) is 20.1 Å². The molecule has 1 heterocycles. The van der Waals surface area contributed by atoms with Gasteiger partial charge in [0.25, 0.3) is 0 Å². The number of ketones is 1. The summed E-state index contributed by atoms with van der Waals surface area (Å²) in [7, 11) is 1.53. The lowest BCUT2D eigenvalue weighted by atomic mass is 10.1. The van der Waals surface area contributed by atoms with Crippen LogP contribution in [0.2, 0.25) is 0 Å². The molecule has 4 nitrogen and oxygen atoms in total. The van der Waals surface area contributed by atoms with Crippen LogP contribution in [0.15, 0.2) is 18.2 Å². The average Bonchev–Trinajstić information content (AvgIpc) is 2.88. The zero-order valence-electron chi connectivity index (χ0n) is 11.2. The summed E-state index contributed by atoms with van der Waals surface area (Å²) in [4.78, 5) is 25.4. The lowest BCUT2D eigenvalue weighted by Gasteiger charge is -2.22. The molecule has 0 spiro atoms. The van der Waals surface area contributed by atoms with E-state index in [-0.39, 0.29) is 24.1 Å². The van der Waals surface area contributed by atoms with E-state index in [0.717, 1.165) is 24.6 Å². The number of carbonyl (C=O) groups excluding carboxylic acids is 2. The first-order valence-electron chi connectivity index (χ1n) is 6.47. The summed E-state index contributed by atoms with van der Waals surface area (Å²) in [6.07, 6.45) is 1.47. The third kappa shape index (κ3) is 3.01. The number of nitrogens with zero attached hydrogens (tertiary/aromatic N) is 1. The second-order valence-electron chi connectivity index (χ2n) is 4.79. The van der Waals surface area contributed by atoms with E-state index in [9.17, 15) is 18.4 Å². The van der Waals surface area contributed by atoms with Crippen LogP contribution >= 0.6 is 0 Å². The van der Waals surface area contributed by atoms with Gasteiger partial charge in [0.2, 0.25) is 5.91 Å². The standard InChI is InChI=1S/C14H16F2N2O2/c1-17-14(20)12-3-2-6-18(12)8-13(19)10-7-9(15)4-5-11(10)16/h4-5,7,12H,2-3,6,8H2,1H3,(H,17,20). The first-order valence-corrected chi connectivity index (χ1v) is 6.47. The smallest absolute Gasteiger partial charge is 0.237 e. The molecular weight excluding hydrogens is 266 g/mol. The van der Waals surface area contributed by atoms with Gasteiger partial charge < -0.3 is 5.32 Å². The highest BCUT2D eigenvalue weighted by atomic mass is 19.1. The van der Waals surface area contributed by atoms with Gasteiger partial charge in [0.05, 0.1) is 18.2 Å². The number of hydrogen-bond donors (Lipinski definition) is 1. The van der Waals surface area contributed by atoms with Crippen LogP contribution in [0.25, 0.3) is 0 Å². The zero-order valence-corrected chi connectivity index (χ0v) is 11.2. The van der Waals surface area contributed by atoms with Crippen LogP contribution in [0.5, 0.6) is 0 Å². The number of rotatable bonds is 4. The lowest BCUT2D eigenvalue weighted by molar-refractivity contribution is -0.124. The molecule has 0 saturated carbocycles. The van der Waals surface area contributed by atoms with Crippen molar-refractivity contribution in [3.63, 3.8) is 0 Å². The molecule has 108 valence electrons. The van der Waals surface area contributed by atoms with Gasteiger partial charge in [-0.2, -0.15) is 0 Å². The minimum atomic E-state index is -0.743. The summed E-state index contributed by atoms with van der Waals surface area (Å²) < 4.78 is 26.6. The average molecular weight is 282 g/mol. The Labute approximate surface area is 115 Å². The number of likely N-dealkylation sites (tertiary alicyclic amines) is 1. The van der Waals surface area contributed by atoms with Crippen LogP contribution in [0.3, 0.4) is 0 Å². The summed E-state index contributed by atoms with van der Waals surface area (Å²) in [6, 6.07) is 2.42. The Balaban J connectivity index is 2.11. The molecule has 1 N–H and O–H groups in total. The molecule has 1 atom stereocenters. The minimum Gasteiger partial charge on any atom is -0.358 e. The van der Waals surface area contributed by atoms with Crippen molar-refractivity contribution < 1.29 is 18.4 Å². The fourth-order valence-corrected chi connectivity index (χ4v) is 2.46. The molecule has 6 heteroatoms. The molecule has 1 amide bonds. The fourth-order valence-electron chi connectivity index (χ4n) is 2.46. The number of benzene rings is 1. The van der Waals surface area contributed by atoms with Gasteiger partial charge in [0.15, 0.2) is 5.78 Å². The highest BCUT2D eigenvalue weighted by Gasteiger charge is 2.31. The van der Waals surface area contributed by atoms with E-state index in [1.54, 1.807) is 4.90 Å². The van der Waals surface area contributed by atoms with Crippen molar-refractivity contribution >= 4 is 11.7 Å². The van der Waals surface area contributed by atoms with Crippen molar-refractivity contribution in [1.29, 1.82) is 0 Å². The van der Waals surface area contributed by atoms with Crippen LogP contribution < -0.4 is 5.32 Å². The molecule has 1 saturated heterocycles. The third-order valence-corrected chi connectivity index (χ3v) is 3.49. The number of carbonyl (C=O) groups is 2. The number of hydrogen-bond acceptors (Lipinski definition) is 3. The maximum atomic E-state index is 13.5. The first-order chi connectivity index (χ1) is 9.52. The Hall–Kier alpha value is -1.82. The highest BCUT2D eigenvalue weighted by molar-refractivity contribution is 5.98. The van der Waals surface area contributed by atoms with E-state index >= 15 is 0 Å². The van der Waals surface area contributed by atoms with Gasteiger partial charge in [0, 0.05) is 7.05 Å². The first kappa shape index (κ1) is 14.6. The molecule has 0 bridgehead atoms. The van der Waals surface area contributed by atoms with E-state index in [1.165, 1.54) is 7.05 Å². The Morgan fingerprint density at radius 3 is 2.85 bits per heavy atom.